The Bertz CT molecular complexity index is 1210. The van der Waals surface area contributed by atoms with Gasteiger partial charge >= 0.3 is 0 Å². The first-order valence-electron chi connectivity index (χ1n) is 11.5. The summed E-state index contributed by atoms with van der Waals surface area (Å²) in [5.74, 6) is 1.05. The molecule has 1 aromatic heterocycles. The first-order valence-corrected chi connectivity index (χ1v) is 12.5. The van der Waals surface area contributed by atoms with Crippen LogP contribution >= 0.6 is 11.9 Å². The Kier molecular flexibility index (Phi) is 7.63. The Hall–Kier alpha value is -3.31. The van der Waals surface area contributed by atoms with Gasteiger partial charge in [0.1, 0.15) is 0 Å². The Morgan fingerprint density at radius 3 is 2.55 bits per heavy atom. The molecule has 33 heavy (non-hydrogen) atoms. The molecule has 4 nitrogen and oxygen atoms in total. The highest BCUT2D eigenvalue weighted by molar-refractivity contribution is 8.00. The van der Waals surface area contributed by atoms with Crippen LogP contribution in [0.5, 0.6) is 0 Å². The van der Waals surface area contributed by atoms with Gasteiger partial charge in [-0.15, -0.1) is 0 Å². The average molecular weight is 456 g/mol. The minimum Gasteiger partial charge on any atom is -0.322 e. The smallest absolute Gasteiger partial charge is 0.255 e. The zero-order chi connectivity index (χ0) is 23.0. The van der Waals surface area contributed by atoms with Crippen molar-refractivity contribution in [3.05, 3.63) is 90.6 Å². The molecule has 5 heteroatoms. The van der Waals surface area contributed by atoms with Crippen molar-refractivity contribution in [2.75, 3.05) is 21.9 Å². The summed E-state index contributed by atoms with van der Waals surface area (Å²) in [4.78, 5) is 17.4. The number of anilines is 2. The van der Waals surface area contributed by atoms with Gasteiger partial charge in [-0.1, -0.05) is 50.2 Å². The van der Waals surface area contributed by atoms with E-state index in [1.807, 2.05) is 98.7 Å². The van der Waals surface area contributed by atoms with E-state index in [4.69, 9.17) is 0 Å². The van der Waals surface area contributed by atoms with Crippen LogP contribution in [0.1, 0.15) is 37.0 Å². The maximum atomic E-state index is 12.8. The molecular weight excluding hydrogens is 426 g/mol. The predicted molar refractivity (Wildman–Crippen MR) is 142 cm³/mol. The molecule has 0 saturated carbocycles. The van der Waals surface area contributed by atoms with Crippen molar-refractivity contribution in [1.29, 1.82) is 0 Å². The fourth-order valence-corrected chi connectivity index (χ4v) is 4.96. The third-order valence-corrected chi connectivity index (χ3v) is 6.66. The van der Waals surface area contributed by atoms with E-state index in [1.54, 1.807) is 0 Å². The molecule has 1 amide bonds. The van der Waals surface area contributed by atoms with Gasteiger partial charge in [0.2, 0.25) is 0 Å². The molecule has 0 radical (unpaired) electrons. The third-order valence-electron chi connectivity index (χ3n) is 5.49. The molecular formula is C28H29N3OS. The first kappa shape index (κ1) is 22.9. The van der Waals surface area contributed by atoms with E-state index >= 15 is 0 Å². The number of hydrogen-bond acceptors (Lipinski definition) is 4. The molecule has 1 aliphatic heterocycles. The molecule has 1 N–H and O–H groups in total. The Labute approximate surface area is 200 Å². The van der Waals surface area contributed by atoms with Gasteiger partial charge in [0.15, 0.2) is 0 Å². The highest BCUT2D eigenvalue weighted by Crippen LogP contribution is 2.29. The molecule has 0 atom stereocenters. The number of pyridine rings is 1. The maximum Gasteiger partial charge on any atom is 0.255 e. The normalized spacial score (nSPS) is 13.2. The van der Waals surface area contributed by atoms with Crippen molar-refractivity contribution < 1.29 is 4.79 Å². The largest absolute Gasteiger partial charge is 0.322 e. The van der Waals surface area contributed by atoms with Gasteiger partial charge in [-0.3, -0.25) is 9.78 Å². The van der Waals surface area contributed by atoms with E-state index in [9.17, 15) is 4.79 Å². The van der Waals surface area contributed by atoms with Crippen molar-refractivity contribution in [2.45, 2.75) is 26.7 Å². The molecule has 168 valence electrons. The van der Waals surface area contributed by atoms with Crippen LogP contribution in [0, 0.1) is 0 Å². The van der Waals surface area contributed by atoms with Gasteiger partial charge in [0.05, 0.1) is 5.69 Å². The monoisotopic (exact) mass is 455 g/mol. The van der Waals surface area contributed by atoms with Gasteiger partial charge in [0.25, 0.3) is 5.91 Å². The summed E-state index contributed by atoms with van der Waals surface area (Å²) in [6.07, 6.45) is 4.32. The molecule has 5 rings (SSSR count). The van der Waals surface area contributed by atoms with E-state index in [0.717, 1.165) is 45.7 Å². The quantitative estimate of drug-likeness (QED) is 0.325. The number of carbonyl (C=O) groups excluding carboxylic acids is 1. The van der Waals surface area contributed by atoms with Crippen LogP contribution in [0.4, 0.5) is 11.4 Å². The van der Waals surface area contributed by atoms with Crippen LogP contribution in [0.25, 0.3) is 22.0 Å². The molecule has 0 aliphatic carbocycles. The number of nitrogens with one attached hydrogen (secondary N) is 1. The van der Waals surface area contributed by atoms with E-state index < -0.39 is 0 Å². The zero-order valence-corrected chi connectivity index (χ0v) is 19.9. The van der Waals surface area contributed by atoms with Gasteiger partial charge in [-0.25, -0.2) is 0 Å². The topological polar surface area (TPSA) is 45.2 Å². The molecule has 1 fully saturated rings. The number of hydrogen-bond donors (Lipinski definition) is 1. The predicted octanol–water partition coefficient (Wildman–Crippen LogP) is 7.43. The zero-order valence-electron chi connectivity index (χ0n) is 19.1. The second kappa shape index (κ2) is 11.0. The summed E-state index contributed by atoms with van der Waals surface area (Å²) in [6, 6.07) is 25.9. The van der Waals surface area contributed by atoms with Crippen LogP contribution < -0.4 is 9.62 Å². The van der Waals surface area contributed by atoms with Gasteiger partial charge < -0.3 is 9.62 Å². The minimum absolute atomic E-state index is 0.110. The Balaban J connectivity index is 0.00000126. The average Bonchev–Trinajstić information content (AvgIpc) is 2.90. The second-order valence-corrected chi connectivity index (χ2v) is 8.71. The summed E-state index contributed by atoms with van der Waals surface area (Å²) in [6.45, 7) is 5.06. The van der Waals surface area contributed by atoms with Crippen molar-refractivity contribution in [3.63, 3.8) is 0 Å². The lowest BCUT2D eigenvalue weighted by Crippen LogP contribution is -2.21. The molecule has 0 bridgehead atoms. The summed E-state index contributed by atoms with van der Waals surface area (Å²) < 4.78 is 2.31. The number of benzene rings is 3. The van der Waals surface area contributed by atoms with Crippen LogP contribution in [0.15, 0.2) is 85.1 Å². The molecule has 3 aromatic carbocycles. The fraction of sp³-hybridized carbons (Fsp3) is 0.214. The van der Waals surface area contributed by atoms with Crippen molar-refractivity contribution in [2.24, 2.45) is 0 Å². The number of nitrogens with zero attached hydrogens (tertiary/aromatic N) is 2. The van der Waals surface area contributed by atoms with E-state index in [1.165, 1.54) is 12.8 Å². The fourth-order valence-electron chi connectivity index (χ4n) is 3.88. The van der Waals surface area contributed by atoms with Gasteiger partial charge in [0, 0.05) is 46.4 Å². The second-order valence-electron chi connectivity index (χ2n) is 7.60. The van der Waals surface area contributed by atoms with Crippen LogP contribution in [-0.4, -0.2) is 23.2 Å². The van der Waals surface area contributed by atoms with Crippen LogP contribution in [0.2, 0.25) is 0 Å². The van der Waals surface area contributed by atoms with Crippen molar-refractivity contribution in [3.8, 4) is 11.3 Å². The van der Waals surface area contributed by atoms with E-state index in [-0.39, 0.29) is 5.91 Å². The lowest BCUT2D eigenvalue weighted by molar-refractivity contribution is 0.102. The van der Waals surface area contributed by atoms with Crippen LogP contribution in [0.3, 0.4) is 0 Å². The van der Waals surface area contributed by atoms with Crippen molar-refractivity contribution >= 4 is 40.0 Å². The van der Waals surface area contributed by atoms with E-state index in [0.29, 0.717) is 5.56 Å². The number of aromatic nitrogens is 1. The lowest BCUT2D eigenvalue weighted by Gasteiger charge is -2.27. The van der Waals surface area contributed by atoms with Gasteiger partial charge in [-0.05, 0) is 72.6 Å². The highest BCUT2D eigenvalue weighted by Gasteiger charge is 2.13. The molecule has 4 aromatic rings. The summed E-state index contributed by atoms with van der Waals surface area (Å²) in [5.41, 5.74) is 4.46. The molecule has 2 heterocycles. The first-order chi connectivity index (χ1) is 16.3. The van der Waals surface area contributed by atoms with E-state index in [2.05, 4.69) is 26.7 Å². The van der Waals surface area contributed by atoms with Gasteiger partial charge in [-0.2, -0.15) is 0 Å². The minimum atomic E-state index is -0.110. The number of rotatable bonds is 4. The molecule has 1 saturated heterocycles. The summed E-state index contributed by atoms with van der Waals surface area (Å²) in [5, 5.41) is 5.27. The van der Waals surface area contributed by atoms with Crippen LogP contribution in [-0.2, 0) is 0 Å². The number of amides is 1. The summed E-state index contributed by atoms with van der Waals surface area (Å²) in [7, 11) is 0. The molecule has 0 unspecified atom stereocenters. The molecule has 0 spiro atoms. The lowest BCUT2D eigenvalue weighted by atomic mass is 10.0. The SMILES string of the molecule is CC.O=C(Nc1cccc(-c2nccc3ccccc23)c1)c1ccc(N2CCCCS2)cc1. The molecule has 1 aliphatic rings. The van der Waals surface area contributed by atoms with Crippen molar-refractivity contribution in [1.82, 2.24) is 4.98 Å². The standard InChI is InChI=1S/C26H23N3OS.C2H6/c30-26(20-10-12-23(13-11-20)29-16-3-4-17-31-29)28-22-8-5-7-21(18-22)25-24-9-2-1-6-19(24)14-15-27-25;1-2/h1-2,5-15,18H,3-4,16-17H2,(H,28,30);1-2H3. The number of fused-ring (bicyclic) bond motifs is 1. The Morgan fingerprint density at radius 2 is 1.76 bits per heavy atom. The Morgan fingerprint density at radius 1 is 0.939 bits per heavy atom. The summed E-state index contributed by atoms with van der Waals surface area (Å²) >= 11 is 1.86. The highest BCUT2D eigenvalue weighted by atomic mass is 32.2. The maximum absolute atomic E-state index is 12.8. The third kappa shape index (κ3) is 5.37. The number of carbonyl (C=O) groups is 1.